The fourth-order valence-electron chi connectivity index (χ4n) is 2.36. The highest BCUT2D eigenvalue weighted by atomic mass is 32.2. The highest BCUT2D eigenvalue weighted by Crippen LogP contribution is 2.11. The molecule has 0 fully saturated rings. The second kappa shape index (κ2) is 7.94. The van der Waals surface area contributed by atoms with Crippen LogP contribution < -0.4 is 10.0 Å². The number of imidazole rings is 1. The molecule has 0 saturated carbocycles. The van der Waals surface area contributed by atoms with Crippen LogP contribution in [0.5, 0.6) is 0 Å². The number of aryl methyl sites for hydroxylation is 1. The maximum Gasteiger partial charge on any atom is 0.240 e. The number of sulfonamides is 1. The molecule has 27 heavy (non-hydrogen) atoms. The minimum Gasteiger partial charge on any atom is -0.369 e. The Kier molecular flexibility index (Phi) is 5.44. The van der Waals surface area contributed by atoms with E-state index in [0.29, 0.717) is 23.7 Å². The van der Waals surface area contributed by atoms with Gasteiger partial charge < -0.3 is 5.32 Å². The van der Waals surface area contributed by atoms with Gasteiger partial charge in [0.15, 0.2) is 0 Å². The molecule has 0 radical (unpaired) electrons. The Bertz CT molecular complexity index is 1070. The van der Waals surface area contributed by atoms with Crippen LogP contribution in [0, 0.1) is 18.3 Å². The van der Waals surface area contributed by atoms with Gasteiger partial charge in [-0.15, -0.1) is 0 Å². The molecule has 0 spiro atoms. The van der Waals surface area contributed by atoms with Gasteiger partial charge in [0.1, 0.15) is 23.8 Å². The summed E-state index contributed by atoms with van der Waals surface area (Å²) in [5.74, 6) is 2.04. The zero-order chi connectivity index (χ0) is 19.3. The second-order valence-electron chi connectivity index (χ2n) is 5.57. The first kappa shape index (κ1) is 18.5. The molecule has 0 atom stereocenters. The number of rotatable bonds is 7. The molecule has 1 aromatic carbocycles. The Morgan fingerprint density at radius 2 is 1.93 bits per heavy atom. The molecule has 3 rings (SSSR count). The number of hydrogen-bond acceptors (Lipinski definition) is 7. The molecule has 0 aliphatic carbocycles. The Hall–Kier alpha value is -3.29. The molecule has 0 unspecified atom stereocenters. The number of benzene rings is 1. The molecule has 3 aromatic rings. The van der Waals surface area contributed by atoms with Gasteiger partial charge in [-0.25, -0.2) is 28.1 Å². The molecule has 10 heteroatoms. The van der Waals surface area contributed by atoms with E-state index in [-0.39, 0.29) is 11.4 Å². The van der Waals surface area contributed by atoms with Crippen LogP contribution in [0.25, 0.3) is 5.82 Å². The smallest absolute Gasteiger partial charge is 0.240 e. The predicted octanol–water partition coefficient (Wildman–Crippen LogP) is 1.23. The van der Waals surface area contributed by atoms with Crippen molar-refractivity contribution in [1.29, 1.82) is 5.26 Å². The summed E-state index contributed by atoms with van der Waals surface area (Å²) >= 11 is 0. The summed E-state index contributed by atoms with van der Waals surface area (Å²) in [6.45, 7) is 2.38. The second-order valence-corrected chi connectivity index (χ2v) is 7.33. The van der Waals surface area contributed by atoms with Crippen molar-refractivity contribution in [1.82, 2.24) is 24.2 Å². The van der Waals surface area contributed by atoms with E-state index in [9.17, 15) is 8.42 Å². The van der Waals surface area contributed by atoms with Crippen molar-refractivity contribution in [3.63, 3.8) is 0 Å². The lowest BCUT2D eigenvalue weighted by Crippen LogP contribution is -2.29. The van der Waals surface area contributed by atoms with Gasteiger partial charge in [0.2, 0.25) is 10.0 Å². The van der Waals surface area contributed by atoms with E-state index in [1.54, 1.807) is 18.5 Å². The van der Waals surface area contributed by atoms with Gasteiger partial charge in [-0.1, -0.05) is 0 Å². The van der Waals surface area contributed by atoms with E-state index in [1.807, 2.05) is 17.6 Å². The number of hydrogen-bond donors (Lipinski definition) is 2. The molecule has 138 valence electrons. The average molecular weight is 383 g/mol. The van der Waals surface area contributed by atoms with Crippen molar-refractivity contribution in [2.24, 2.45) is 0 Å². The van der Waals surface area contributed by atoms with Crippen LogP contribution in [0.3, 0.4) is 0 Å². The van der Waals surface area contributed by atoms with E-state index < -0.39 is 10.0 Å². The third kappa shape index (κ3) is 4.46. The lowest BCUT2D eigenvalue weighted by Gasteiger charge is -2.10. The van der Waals surface area contributed by atoms with Crippen LogP contribution in [-0.2, 0) is 10.0 Å². The van der Waals surface area contributed by atoms with Crippen LogP contribution in [0.1, 0.15) is 11.4 Å². The molecule has 2 aromatic heterocycles. The van der Waals surface area contributed by atoms with Crippen LogP contribution in [0.15, 0.2) is 53.9 Å². The zero-order valence-corrected chi connectivity index (χ0v) is 15.3. The summed E-state index contributed by atoms with van der Waals surface area (Å²) in [6.07, 6.45) is 4.91. The van der Waals surface area contributed by atoms with Crippen molar-refractivity contribution < 1.29 is 8.42 Å². The molecule has 0 aliphatic rings. The fraction of sp³-hybridized carbons (Fsp3) is 0.176. The largest absolute Gasteiger partial charge is 0.369 e. The van der Waals surface area contributed by atoms with Gasteiger partial charge in [0.05, 0.1) is 16.5 Å². The molecule has 2 N–H and O–H groups in total. The quantitative estimate of drug-likeness (QED) is 0.588. The van der Waals surface area contributed by atoms with Crippen LogP contribution in [0.4, 0.5) is 5.82 Å². The summed E-state index contributed by atoms with van der Waals surface area (Å²) in [4.78, 5) is 12.6. The third-order valence-electron chi connectivity index (χ3n) is 3.74. The van der Waals surface area contributed by atoms with Gasteiger partial charge in [-0.05, 0) is 31.2 Å². The van der Waals surface area contributed by atoms with E-state index in [4.69, 9.17) is 5.26 Å². The molecular formula is C17H17N7O2S. The average Bonchev–Trinajstić information content (AvgIpc) is 3.11. The molecule has 2 heterocycles. The number of nitrogens with zero attached hydrogens (tertiary/aromatic N) is 5. The molecule has 0 amide bonds. The summed E-state index contributed by atoms with van der Waals surface area (Å²) < 4.78 is 28.8. The Balaban J connectivity index is 1.57. The number of aromatic nitrogens is 4. The van der Waals surface area contributed by atoms with Crippen molar-refractivity contribution in [3.8, 4) is 11.9 Å². The van der Waals surface area contributed by atoms with Gasteiger partial charge in [-0.2, -0.15) is 5.26 Å². The zero-order valence-electron chi connectivity index (χ0n) is 14.5. The van der Waals surface area contributed by atoms with E-state index >= 15 is 0 Å². The normalized spacial score (nSPS) is 11.1. The molecule has 0 bridgehead atoms. The van der Waals surface area contributed by atoms with Gasteiger partial charge >= 0.3 is 0 Å². The Labute approximate surface area is 156 Å². The molecular weight excluding hydrogens is 366 g/mol. The maximum atomic E-state index is 12.2. The minimum absolute atomic E-state index is 0.112. The topological polar surface area (TPSA) is 126 Å². The van der Waals surface area contributed by atoms with E-state index in [0.717, 1.165) is 5.82 Å². The van der Waals surface area contributed by atoms with Gasteiger partial charge in [0.25, 0.3) is 0 Å². The van der Waals surface area contributed by atoms with Crippen molar-refractivity contribution in [2.45, 2.75) is 11.8 Å². The van der Waals surface area contributed by atoms with Gasteiger partial charge in [-0.3, -0.25) is 4.57 Å². The first-order chi connectivity index (χ1) is 13.0. The van der Waals surface area contributed by atoms with Crippen LogP contribution in [-0.4, -0.2) is 41.0 Å². The third-order valence-corrected chi connectivity index (χ3v) is 5.22. The predicted molar refractivity (Wildman–Crippen MR) is 98.7 cm³/mol. The lowest BCUT2D eigenvalue weighted by atomic mass is 10.2. The van der Waals surface area contributed by atoms with Gasteiger partial charge in [0, 0.05) is 31.5 Å². The SMILES string of the molecule is Cc1nccn1-c1cc(NCCNS(=O)(=O)c2ccc(C#N)cc2)ncn1. The standard InChI is InChI=1S/C17H17N7O2S/c1-13-19-8-9-24(13)17-10-16(21-12-22-17)20-6-7-23-27(25,26)15-4-2-14(11-18)3-5-15/h2-5,8-10,12,23H,6-7H2,1H3,(H,20,21,22). The number of anilines is 1. The summed E-state index contributed by atoms with van der Waals surface area (Å²) in [5.41, 5.74) is 0.406. The van der Waals surface area contributed by atoms with Crippen molar-refractivity contribution in [3.05, 3.63) is 60.4 Å². The molecule has 0 aliphatic heterocycles. The Morgan fingerprint density at radius 3 is 2.59 bits per heavy atom. The van der Waals surface area contributed by atoms with Crippen molar-refractivity contribution >= 4 is 15.8 Å². The highest BCUT2D eigenvalue weighted by Gasteiger charge is 2.13. The van der Waals surface area contributed by atoms with Crippen LogP contribution >= 0.6 is 0 Å². The fourth-order valence-corrected chi connectivity index (χ4v) is 3.40. The van der Waals surface area contributed by atoms with E-state index in [1.165, 1.54) is 30.6 Å². The van der Waals surface area contributed by atoms with Crippen molar-refractivity contribution in [2.75, 3.05) is 18.4 Å². The maximum absolute atomic E-state index is 12.2. The summed E-state index contributed by atoms with van der Waals surface area (Å²) in [7, 11) is -3.63. The number of nitrogens with one attached hydrogen (secondary N) is 2. The monoisotopic (exact) mass is 383 g/mol. The number of nitriles is 1. The van der Waals surface area contributed by atoms with Crippen LogP contribution in [0.2, 0.25) is 0 Å². The molecule has 0 saturated heterocycles. The lowest BCUT2D eigenvalue weighted by molar-refractivity contribution is 0.583. The first-order valence-corrected chi connectivity index (χ1v) is 9.54. The van der Waals surface area contributed by atoms with E-state index in [2.05, 4.69) is 25.0 Å². The highest BCUT2D eigenvalue weighted by molar-refractivity contribution is 7.89. The summed E-state index contributed by atoms with van der Waals surface area (Å²) in [5, 5.41) is 11.8. The Morgan fingerprint density at radius 1 is 1.15 bits per heavy atom. The first-order valence-electron chi connectivity index (χ1n) is 8.06. The minimum atomic E-state index is -3.63. The molecule has 9 nitrogen and oxygen atoms in total. The summed E-state index contributed by atoms with van der Waals surface area (Å²) in [6, 6.07) is 9.44.